The minimum Gasteiger partial charge on any atom is -0.355 e. The van der Waals surface area contributed by atoms with E-state index in [0.717, 1.165) is 26.1 Å². The van der Waals surface area contributed by atoms with E-state index >= 15 is 0 Å². The Morgan fingerprint density at radius 2 is 1.93 bits per heavy atom. The Morgan fingerprint density at radius 3 is 2.61 bits per heavy atom. The molecule has 0 aliphatic carbocycles. The lowest BCUT2D eigenvalue weighted by molar-refractivity contribution is -0.126. The van der Waals surface area contributed by atoms with Crippen molar-refractivity contribution in [2.45, 2.75) is 57.0 Å². The van der Waals surface area contributed by atoms with Gasteiger partial charge < -0.3 is 14.8 Å². The lowest BCUT2D eigenvalue weighted by Crippen LogP contribution is -2.46. The number of rotatable bonds is 7. The SMILES string of the molecule is CCn1cnc(S(=O)(=O)N2CCCC(C(=O)NCCN3CCCCCC3)C2)c1. The van der Waals surface area contributed by atoms with Crippen LogP contribution in [0.4, 0.5) is 0 Å². The van der Waals surface area contributed by atoms with Crippen LogP contribution in [0.2, 0.25) is 0 Å². The molecule has 2 fully saturated rings. The Kier molecular flexibility index (Phi) is 7.48. The number of likely N-dealkylation sites (tertiary alicyclic amines) is 1. The molecule has 1 aromatic rings. The number of hydrogen-bond donors (Lipinski definition) is 1. The van der Waals surface area contributed by atoms with Gasteiger partial charge in [0.25, 0.3) is 10.0 Å². The molecule has 0 aromatic carbocycles. The molecular weight excluding hydrogens is 378 g/mol. The molecule has 2 aliphatic rings. The second-order valence-electron chi connectivity index (χ2n) is 7.79. The summed E-state index contributed by atoms with van der Waals surface area (Å²) < 4.78 is 28.9. The van der Waals surface area contributed by atoms with Gasteiger partial charge >= 0.3 is 0 Å². The molecule has 28 heavy (non-hydrogen) atoms. The highest BCUT2D eigenvalue weighted by Gasteiger charge is 2.34. The number of hydrogen-bond acceptors (Lipinski definition) is 5. The minimum absolute atomic E-state index is 0.0335. The van der Waals surface area contributed by atoms with E-state index in [-0.39, 0.29) is 23.4 Å². The summed E-state index contributed by atoms with van der Waals surface area (Å²) in [7, 11) is -3.65. The van der Waals surface area contributed by atoms with Crippen molar-refractivity contribution < 1.29 is 13.2 Å². The lowest BCUT2D eigenvalue weighted by Gasteiger charge is -2.30. The van der Waals surface area contributed by atoms with Crippen LogP contribution in [-0.2, 0) is 21.4 Å². The van der Waals surface area contributed by atoms with E-state index in [1.54, 1.807) is 10.8 Å². The van der Waals surface area contributed by atoms with E-state index in [1.165, 1.54) is 36.3 Å². The number of nitrogens with one attached hydrogen (secondary N) is 1. The topological polar surface area (TPSA) is 87.5 Å². The zero-order chi connectivity index (χ0) is 20.0. The molecule has 1 aromatic heterocycles. The van der Waals surface area contributed by atoms with Crippen LogP contribution in [0.15, 0.2) is 17.6 Å². The summed E-state index contributed by atoms with van der Waals surface area (Å²) in [5.41, 5.74) is 0. The molecule has 1 N–H and O–H groups in total. The van der Waals surface area contributed by atoms with E-state index in [2.05, 4.69) is 15.2 Å². The number of carbonyl (C=O) groups excluding carboxylic acids is 1. The Labute approximate surface area is 168 Å². The third kappa shape index (κ3) is 5.33. The fourth-order valence-electron chi connectivity index (χ4n) is 3.99. The van der Waals surface area contributed by atoms with Gasteiger partial charge in [-0.1, -0.05) is 12.8 Å². The zero-order valence-corrected chi connectivity index (χ0v) is 17.7. The van der Waals surface area contributed by atoms with Gasteiger partial charge in [-0.2, -0.15) is 4.31 Å². The van der Waals surface area contributed by atoms with Crippen LogP contribution in [0.25, 0.3) is 0 Å². The van der Waals surface area contributed by atoms with Crippen LogP contribution >= 0.6 is 0 Å². The van der Waals surface area contributed by atoms with Crippen molar-refractivity contribution in [3.63, 3.8) is 0 Å². The normalized spacial score (nSPS) is 22.7. The summed E-state index contributed by atoms with van der Waals surface area (Å²) in [5, 5.41) is 3.09. The van der Waals surface area contributed by atoms with Crippen LogP contribution < -0.4 is 5.32 Å². The smallest absolute Gasteiger partial charge is 0.262 e. The molecule has 3 heterocycles. The summed E-state index contributed by atoms with van der Waals surface area (Å²) in [5.74, 6) is -0.324. The number of aromatic nitrogens is 2. The van der Waals surface area contributed by atoms with Gasteiger partial charge in [0, 0.05) is 38.9 Å². The first-order valence-electron chi connectivity index (χ1n) is 10.5. The molecule has 3 rings (SSSR count). The van der Waals surface area contributed by atoms with Gasteiger partial charge in [0.05, 0.1) is 12.2 Å². The first kappa shape index (κ1) is 21.3. The van der Waals surface area contributed by atoms with Gasteiger partial charge in [-0.25, -0.2) is 13.4 Å². The van der Waals surface area contributed by atoms with E-state index in [1.807, 2.05) is 6.92 Å². The summed E-state index contributed by atoms with van der Waals surface area (Å²) in [6, 6.07) is 0. The van der Waals surface area contributed by atoms with Crippen LogP contribution in [0, 0.1) is 5.92 Å². The highest BCUT2D eigenvalue weighted by Crippen LogP contribution is 2.23. The van der Waals surface area contributed by atoms with E-state index < -0.39 is 10.0 Å². The average Bonchev–Trinajstić information content (AvgIpc) is 3.06. The number of piperidine rings is 1. The Bertz CT molecular complexity index is 741. The number of amides is 1. The molecule has 2 saturated heterocycles. The highest BCUT2D eigenvalue weighted by atomic mass is 32.2. The predicted molar refractivity (Wildman–Crippen MR) is 107 cm³/mol. The monoisotopic (exact) mass is 411 g/mol. The number of imidazole rings is 1. The van der Waals surface area contributed by atoms with Crippen LogP contribution in [0.3, 0.4) is 0 Å². The third-order valence-corrected chi connectivity index (χ3v) is 7.51. The predicted octanol–water partition coefficient (Wildman–Crippen LogP) is 1.30. The maximum Gasteiger partial charge on any atom is 0.262 e. The molecule has 0 bridgehead atoms. The molecule has 158 valence electrons. The minimum atomic E-state index is -3.65. The molecular formula is C19H33N5O3S. The van der Waals surface area contributed by atoms with Crippen molar-refractivity contribution in [1.82, 2.24) is 24.1 Å². The standard InChI is InChI=1S/C19H33N5O3S/c1-2-22-15-18(21-16-22)28(26,27)24-12-7-8-17(14-24)19(25)20-9-13-23-10-5-3-4-6-11-23/h15-17H,2-14H2,1H3,(H,20,25). The van der Waals surface area contributed by atoms with Crippen molar-refractivity contribution in [2.75, 3.05) is 39.3 Å². The van der Waals surface area contributed by atoms with E-state index in [4.69, 9.17) is 0 Å². The number of nitrogens with zero attached hydrogens (tertiary/aromatic N) is 4. The first-order chi connectivity index (χ1) is 13.5. The average molecular weight is 412 g/mol. The molecule has 8 nitrogen and oxygen atoms in total. The zero-order valence-electron chi connectivity index (χ0n) is 16.8. The van der Waals surface area contributed by atoms with Crippen LogP contribution in [0.5, 0.6) is 0 Å². The quantitative estimate of drug-likeness (QED) is 0.731. The Balaban J connectivity index is 1.51. The maximum absolute atomic E-state index is 12.8. The van der Waals surface area contributed by atoms with Gasteiger partial charge in [0.15, 0.2) is 5.03 Å². The number of carbonyl (C=O) groups is 1. The summed E-state index contributed by atoms with van der Waals surface area (Å²) in [6.45, 7) is 6.99. The summed E-state index contributed by atoms with van der Waals surface area (Å²) >= 11 is 0. The molecule has 9 heteroatoms. The second-order valence-corrected chi connectivity index (χ2v) is 9.68. The van der Waals surface area contributed by atoms with Crippen molar-refractivity contribution in [3.05, 3.63) is 12.5 Å². The molecule has 1 atom stereocenters. The lowest BCUT2D eigenvalue weighted by atomic mass is 9.99. The highest BCUT2D eigenvalue weighted by molar-refractivity contribution is 7.89. The summed E-state index contributed by atoms with van der Waals surface area (Å²) in [6.07, 6.45) is 9.57. The van der Waals surface area contributed by atoms with Crippen molar-refractivity contribution in [3.8, 4) is 0 Å². The second kappa shape index (κ2) is 9.84. The van der Waals surface area contributed by atoms with E-state index in [0.29, 0.717) is 26.1 Å². The van der Waals surface area contributed by atoms with Crippen LogP contribution in [0.1, 0.15) is 45.4 Å². The first-order valence-corrected chi connectivity index (χ1v) is 12.0. The van der Waals surface area contributed by atoms with Gasteiger partial charge in [0.1, 0.15) is 0 Å². The number of sulfonamides is 1. The molecule has 0 saturated carbocycles. The van der Waals surface area contributed by atoms with Gasteiger partial charge in [-0.15, -0.1) is 0 Å². The molecule has 1 amide bonds. The maximum atomic E-state index is 12.8. The molecule has 2 aliphatic heterocycles. The van der Waals surface area contributed by atoms with Crippen molar-refractivity contribution in [1.29, 1.82) is 0 Å². The Hall–Kier alpha value is -1.45. The van der Waals surface area contributed by atoms with Crippen molar-refractivity contribution in [2.24, 2.45) is 5.92 Å². The molecule has 0 radical (unpaired) electrons. The molecule has 0 spiro atoms. The van der Waals surface area contributed by atoms with Crippen molar-refractivity contribution >= 4 is 15.9 Å². The van der Waals surface area contributed by atoms with Gasteiger partial charge in [0.2, 0.25) is 5.91 Å². The Morgan fingerprint density at radius 1 is 1.18 bits per heavy atom. The van der Waals surface area contributed by atoms with E-state index in [9.17, 15) is 13.2 Å². The largest absolute Gasteiger partial charge is 0.355 e. The fourth-order valence-corrected chi connectivity index (χ4v) is 5.45. The number of aryl methyl sites for hydroxylation is 1. The van der Waals surface area contributed by atoms with Gasteiger partial charge in [-0.3, -0.25) is 4.79 Å². The van der Waals surface area contributed by atoms with Gasteiger partial charge in [-0.05, 0) is 45.7 Å². The molecule has 1 unspecified atom stereocenters. The third-order valence-electron chi connectivity index (χ3n) is 5.76. The van der Waals surface area contributed by atoms with Crippen LogP contribution in [-0.4, -0.2) is 72.3 Å². The summed E-state index contributed by atoms with van der Waals surface area (Å²) in [4.78, 5) is 19.0. The fraction of sp³-hybridized carbons (Fsp3) is 0.789.